The zero-order valence-electron chi connectivity index (χ0n) is 16.2. The van der Waals surface area contributed by atoms with Crippen molar-refractivity contribution < 1.29 is 9.53 Å². The number of amidine groups is 1. The molecule has 2 aliphatic rings. The fourth-order valence-corrected chi connectivity index (χ4v) is 4.02. The predicted molar refractivity (Wildman–Crippen MR) is 119 cm³/mol. The van der Waals surface area contributed by atoms with Crippen LogP contribution < -0.4 is 20.6 Å². The molecule has 0 saturated carbocycles. The lowest BCUT2D eigenvalue weighted by Gasteiger charge is -2.34. The molecular formula is C21H21BrN4O2S. The number of ether oxygens (including phenoxy) is 1. The number of carbonyl (C=O) groups is 1. The first-order chi connectivity index (χ1) is 14.1. The van der Waals surface area contributed by atoms with Gasteiger partial charge >= 0.3 is 0 Å². The number of halogens is 1. The highest BCUT2D eigenvalue weighted by molar-refractivity contribution is 9.10. The van der Waals surface area contributed by atoms with E-state index < -0.39 is 6.17 Å². The van der Waals surface area contributed by atoms with Crippen molar-refractivity contribution in [2.45, 2.75) is 25.9 Å². The van der Waals surface area contributed by atoms with Crippen LogP contribution in [-0.4, -0.2) is 28.9 Å². The number of rotatable bonds is 5. The number of carbonyl (C=O) groups excluding carboxylic acids is 1. The van der Waals surface area contributed by atoms with Crippen LogP contribution >= 0.6 is 27.7 Å². The maximum Gasteiger partial charge on any atom is 0.276 e. The Labute approximate surface area is 181 Å². The van der Waals surface area contributed by atoms with Gasteiger partial charge in [0.1, 0.15) is 11.4 Å². The van der Waals surface area contributed by atoms with E-state index in [0.29, 0.717) is 17.5 Å². The van der Waals surface area contributed by atoms with Crippen LogP contribution in [0.15, 0.2) is 57.0 Å². The van der Waals surface area contributed by atoms with E-state index >= 15 is 0 Å². The summed E-state index contributed by atoms with van der Waals surface area (Å²) in [5, 5.41) is 11.3. The van der Waals surface area contributed by atoms with E-state index in [1.165, 1.54) is 11.8 Å². The molecule has 0 radical (unpaired) electrons. The monoisotopic (exact) mass is 472 g/mol. The van der Waals surface area contributed by atoms with Crippen LogP contribution in [0.25, 0.3) is 5.70 Å². The second kappa shape index (κ2) is 8.59. The average molecular weight is 473 g/mol. The first-order valence-electron chi connectivity index (χ1n) is 9.45. The Morgan fingerprint density at radius 1 is 1.28 bits per heavy atom. The van der Waals surface area contributed by atoms with Crippen molar-refractivity contribution in [2.24, 2.45) is 10.1 Å². The van der Waals surface area contributed by atoms with Gasteiger partial charge in [-0.2, -0.15) is 0 Å². The van der Waals surface area contributed by atoms with Gasteiger partial charge in [-0.25, -0.2) is 5.01 Å². The normalized spacial score (nSPS) is 17.7. The summed E-state index contributed by atoms with van der Waals surface area (Å²) in [7, 11) is 0. The third-order valence-electron chi connectivity index (χ3n) is 4.72. The van der Waals surface area contributed by atoms with Crippen molar-refractivity contribution in [3.05, 3.63) is 63.1 Å². The SMILES string of the molecule is CCCCOc1ccccc1C1N=c2ccc(Br)cc2=C2C(=O)NC(SC)=NN21. The second-order valence-corrected chi connectivity index (χ2v) is 8.37. The predicted octanol–water partition coefficient (Wildman–Crippen LogP) is 3.13. The fourth-order valence-electron chi connectivity index (χ4n) is 3.30. The molecule has 6 nitrogen and oxygen atoms in total. The second-order valence-electron chi connectivity index (χ2n) is 6.66. The Morgan fingerprint density at radius 2 is 2.10 bits per heavy atom. The molecule has 8 heteroatoms. The zero-order chi connectivity index (χ0) is 20.4. The quantitative estimate of drug-likeness (QED) is 0.678. The van der Waals surface area contributed by atoms with E-state index in [4.69, 9.17) is 9.73 Å². The number of nitrogens with zero attached hydrogens (tertiary/aromatic N) is 3. The maximum absolute atomic E-state index is 13.0. The van der Waals surface area contributed by atoms with Gasteiger partial charge in [0.05, 0.1) is 12.0 Å². The molecule has 0 fully saturated rings. The molecule has 1 amide bonds. The molecule has 2 aromatic rings. The average Bonchev–Trinajstić information content (AvgIpc) is 2.73. The Balaban J connectivity index is 1.89. The fraction of sp³-hybridized carbons (Fsp3) is 0.286. The van der Waals surface area contributed by atoms with Crippen LogP contribution in [0.5, 0.6) is 5.75 Å². The highest BCUT2D eigenvalue weighted by atomic mass is 79.9. The van der Waals surface area contributed by atoms with Crippen LogP contribution in [0.3, 0.4) is 0 Å². The number of fused-ring (bicyclic) bond motifs is 2. The molecular weight excluding hydrogens is 452 g/mol. The van der Waals surface area contributed by atoms with Gasteiger partial charge in [-0.05, 0) is 36.9 Å². The minimum atomic E-state index is -0.482. The third kappa shape index (κ3) is 3.91. The van der Waals surface area contributed by atoms with E-state index in [1.54, 1.807) is 5.01 Å². The Kier molecular flexibility index (Phi) is 5.91. The molecule has 0 saturated heterocycles. The Morgan fingerprint density at radius 3 is 2.90 bits per heavy atom. The molecule has 0 spiro atoms. The molecule has 2 aromatic carbocycles. The van der Waals surface area contributed by atoms with Gasteiger partial charge in [0.15, 0.2) is 11.3 Å². The topological polar surface area (TPSA) is 66.3 Å². The molecule has 0 aromatic heterocycles. The highest BCUT2D eigenvalue weighted by Gasteiger charge is 2.35. The number of unbranched alkanes of at least 4 members (excludes halogenated alkanes) is 1. The van der Waals surface area contributed by atoms with Gasteiger partial charge in [-0.1, -0.05) is 59.2 Å². The summed E-state index contributed by atoms with van der Waals surface area (Å²) in [4.78, 5) is 17.9. The van der Waals surface area contributed by atoms with Gasteiger partial charge in [0, 0.05) is 15.3 Å². The number of nitrogens with one attached hydrogen (secondary N) is 1. The molecule has 1 unspecified atom stereocenters. The largest absolute Gasteiger partial charge is 0.493 e. The van der Waals surface area contributed by atoms with Crippen LogP contribution in [0.2, 0.25) is 0 Å². The van der Waals surface area contributed by atoms with Gasteiger partial charge in [0.25, 0.3) is 5.91 Å². The van der Waals surface area contributed by atoms with Crippen LogP contribution in [-0.2, 0) is 4.79 Å². The van der Waals surface area contributed by atoms with Crippen LogP contribution in [0, 0.1) is 0 Å². The van der Waals surface area contributed by atoms with Crippen molar-refractivity contribution >= 4 is 44.5 Å². The lowest BCUT2D eigenvalue weighted by Crippen LogP contribution is -2.50. The molecule has 29 heavy (non-hydrogen) atoms. The molecule has 150 valence electrons. The molecule has 0 aliphatic carbocycles. The Hall–Kier alpha value is -2.32. The summed E-state index contributed by atoms with van der Waals surface area (Å²) in [6.07, 6.45) is 3.44. The number of thioether (sulfide) groups is 1. The number of hydrogen-bond acceptors (Lipinski definition) is 6. The van der Waals surface area contributed by atoms with E-state index in [1.807, 2.05) is 48.7 Å². The number of amides is 1. The molecule has 4 rings (SSSR count). The van der Waals surface area contributed by atoms with Crippen molar-refractivity contribution in [1.82, 2.24) is 10.3 Å². The smallest absolute Gasteiger partial charge is 0.276 e. The summed E-state index contributed by atoms with van der Waals surface area (Å²) in [5.74, 6) is 0.578. The molecule has 1 atom stereocenters. The number of hydrogen-bond donors (Lipinski definition) is 1. The third-order valence-corrected chi connectivity index (χ3v) is 5.78. The van der Waals surface area contributed by atoms with Crippen molar-refractivity contribution in [2.75, 3.05) is 12.9 Å². The maximum atomic E-state index is 13.0. The van der Waals surface area contributed by atoms with E-state index in [0.717, 1.165) is 39.2 Å². The van der Waals surface area contributed by atoms with Crippen molar-refractivity contribution in [3.8, 4) is 5.75 Å². The first-order valence-corrected chi connectivity index (χ1v) is 11.5. The van der Waals surface area contributed by atoms with Gasteiger partial charge in [-0.15, -0.1) is 5.10 Å². The summed E-state index contributed by atoms with van der Waals surface area (Å²) in [6.45, 7) is 2.77. The lowest BCUT2D eigenvalue weighted by atomic mass is 10.1. The van der Waals surface area contributed by atoms with Gasteiger partial charge in [0.2, 0.25) is 0 Å². The summed E-state index contributed by atoms with van der Waals surface area (Å²) < 4.78 is 6.92. The first kappa shape index (κ1) is 20.0. The minimum Gasteiger partial charge on any atom is -0.493 e. The Bertz CT molecular complexity index is 1100. The lowest BCUT2D eigenvalue weighted by molar-refractivity contribution is -0.116. The summed E-state index contributed by atoms with van der Waals surface area (Å²) in [5.41, 5.74) is 1.37. The summed E-state index contributed by atoms with van der Waals surface area (Å²) in [6, 6.07) is 13.6. The van der Waals surface area contributed by atoms with Crippen molar-refractivity contribution in [1.29, 1.82) is 0 Å². The zero-order valence-corrected chi connectivity index (χ0v) is 18.6. The number of hydrazone groups is 1. The number of benzene rings is 2. The minimum absolute atomic E-state index is 0.187. The highest BCUT2D eigenvalue weighted by Crippen LogP contribution is 2.35. The standard InChI is InChI=1S/C21H21BrN4O2S/c1-3-4-11-28-17-8-6-5-7-14(17)19-23-16-10-9-13(22)12-15(16)18-20(27)24-21(29-2)25-26(18)19/h5-10,12,19H,3-4,11H2,1-2H3,(H,24,25,27). The van der Waals surface area contributed by atoms with E-state index in [-0.39, 0.29) is 5.91 Å². The molecule has 0 bridgehead atoms. The van der Waals surface area contributed by atoms with Crippen LogP contribution in [0.4, 0.5) is 0 Å². The number of para-hydroxylation sites is 1. The molecule has 2 heterocycles. The molecule has 1 N–H and O–H groups in total. The summed E-state index contributed by atoms with van der Waals surface area (Å²) >= 11 is 4.88. The van der Waals surface area contributed by atoms with Gasteiger partial charge < -0.3 is 4.74 Å². The molecule has 2 aliphatic heterocycles. The van der Waals surface area contributed by atoms with Crippen LogP contribution in [0.1, 0.15) is 31.5 Å². The van der Waals surface area contributed by atoms with Crippen molar-refractivity contribution in [3.63, 3.8) is 0 Å². The van der Waals surface area contributed by atoms with Gasteiger partial charge in [-0.3, -0.25) is 15.1 Å². The van der Waals surface area contributed by atoms with E-state index in [9.17, 15) is 4.79 Å². The van der Waals surface area contributed by atoms with E-state index in [2.05, 4.69) is 33.3 Å².